The molecular weight excluding hydrogens is 328 g/mol. The van der Waals surface area contributed by atoms with Crippen LogP contribution >= 0.6 is 0 Å². The molecule has 0 aliphatic carbocycles. The van der Waals surface area contributed by atoms with Crippen LogP contribution in [0.1, 0.15) is 19.3 Å². The van der Waals surface area contributed by atoms with Crippen LogP contribution < -0.4 is 4.90 Å². The summed E-state index contributed by atoms with van der Waals surface area (Å²) < 4.78 is 0. The number of carboxylic acid groups (broad SMARTS) is 1. The summed E-state index contributed by atoms with van der Waals surface area (Å²) in [5.74, 6) is -0.785. The van der Waals surface area contributed by atoms with Crippen molar-refractivity contribution in [3.05, 3.63) is 54.6 Å². The minimum absolute atomic E-state index is 0.0550. The summed E-state index contributed by atoms with van der Waals surface area (Å²) in [6.45, 7) is 2.98. The van der Waals surface area contributed by atoms with Gasteiger partial charge >= 0.3 is 5.97 Å². The van der Waals surface area contributed by atoms with Crippen LogP contribution in [0.15, 0.2) is 54.6 Å². The molecule has 1 N–H and O–H groups in total. The third-order valence-electron chi connectivity index (χ3n) is 4.75. The van der Waals surface area contributed by atoms with Crippen LogP contribution in [0.3, 0.4) is 0 Å². The zero-order chi connectivity index (χ0) is 18.4. The van der Waals surface area contributed by atoms with Crippen LogP contribution in [0.2, 0.25) is 0 Å². The number of hydrogen-bond acceptors (Lipinski definition) is 3. The van der Waals surface area contributed by atoms with Crippen LogP contribution in [0.5, 0.6) is 0 Å². The molecule has 3 rings (SSSR count). The van der Waals surface area contributed by atoms with Crippen LogP contribution in [0, 0.1) is 0 Å². The Balaban J connectivity index is 1.52. The molecule has 2 aromatic rings. The molecule has 2 aromatic carbocycles. The van der Waals surface area contributed by atoms with Gasteiger partial charge in [-0.05, 0) is 29.7 Å². The average molecular weight is 352 g/mol. The van der Waals surface area contributed by atoms with Crippen LogP contribution in [0.25, 0.3) is 11.1 Å². The molecule has 5 nitrogen and oxygen atoms in total. The Bertz CT molecular complexity index is 736. The highest BCUT2D eigenvalue weighted by Crippen LogP contribution is 2.24. The number of carboxylic acids is 1. The van der Waals surface area contributed by atoms with Gasteiger partial charge in [0, 0.05) is 44.7 Å². The third kappa shape index (κ3) is 4.63. The summed E-state index contributed by atoms with van der Waals surface area (Å²) in [6, 6.07) is 18.8. The number of carbonyl (C=O) groups is 2. The fourth-order valence-corrected chi connectivity index (χ4v) is 3.26. The monoisotopic (exact) mass is 352 g/mol. The Labute approximate surface area is 153 Å². The summed E-state index contributed by atoms with van der Waals surface area (Å²) >= 11 is 0. The first-order chi connectivity index (χ1) is 12.6. The molecule has 0 radical (unpaired) electrons. The van der Waals surface area contributed by atoms with Gasteiger partial charge < -0.3 is 14.9 Å². The first-order valence-electron chi connectivity index (χ1n) is 9.03. The van der Waals surface area contributed by atoms with Crippen LogP contribution in [0.4, 0.5) is 5.69 Å². The third-order valence-corrected chi connectivity index (χ3v) is 4.75. The molecular formula is C21H24N2O3. The number of hydrogen-bond donors (Lipinski definition) is 1. The maximum absolute atomic E-state index is 12.1. The van der Waals surface area contributed by atoms with Crippen molar-refractivity contribution in [1.29, 1.82) is 0 Å². The van der Waals surface area contributed by atoms with E-state index in [1.165, 1.54) is 16.8 Å². The molecule has 1 saturated heterocycles. The van der Waals surface area contributed by atoms with Crippen molar-refractivity contribution in [2.75, 3.05) is 31.1 Å². The summed E-state index contributed by atoms with van der Waals surface area (Å²) in [6.07, 6.45) is 0.785. The Morgan fingerprint density at radius 3 is 2.04 bits per heavy atom. The Morgan fingerprint density at radius 1 is 0.808 bits per heavy atom. The van der Waals surface area contributed by atoms with Gasteiger partial charge in [0.15, 0.2) is 0 Å². The predicted octanol–water partition coefficient (Wildman–Crippen LogP) is 3.26. The first kappa shape index (κ1) is 18.0. The quantitative estimate of drug-likeness (QED) is 0.867. The lowest BCUT2D eigenvalue weighted by Gasteiger charge is -2.36. The highest BCUT2D eigenvalue weighted by Gasteiger charge is 2.21. The van der Waals surface area contributed by atoms with Gasteiger partial charge in [0.25, 0.3) is 0 Å². The maximum Gasteiger partial charge on any atom is 0.303 e. The molecule has 0 aromatic heterocycles. The van der Waals surface area contributed by atoms with E-state index in [2.05, 4.69) is 41.3 Å². The lowest BCUT2D eigenvalue weighted by Crippen LogP contribution is -2.48. The van der Waals surface area contributed by atoms with Crippen LogP contribution in [-0.4, -0.2) is 48.1 Å². The maximum atomic E-state index is 12.1. The second-order valence-corrected chi connectivity index (χ2v) is 6.53. The molecule has 0 bridgehead atoms. The smallest absolute Gasteiger partial charge is 0.303 e. The molecule has 0 unspecified atom stereocenters. The van der Waals surface area contributed by atoms with Crippen molar-refractivity contribution in [3.63, 3.8) is 0 Å². The minimum atomic E-state index is -0.846. The molecule has 136 valence electrons. The predicted molar refractivity (Wildman–Crippen MR) is 102 cm³/mol. The molecule has 1 amide bonds. The summed E-state index contributed by atoms with van der Waals surface area (Å²) in [5, 5.41) is 8.66. The topological polar surface area (TPSA) is 60.9 Å². The first-order valence-corrected chi connectivity index (χ1v) is 9.03. The second-order valence-electron chi connectivity index (χ2n) is 6.53. The van der Waals surface area contributed by atoms with Crippen molar-refractivity contribution >= 4 is 17.6 Å². The number of piperazine rings is 1. The minimum Gasteiger partial charge on any atom is -0.481 e. The van der Waals surface area contributed by atoms with Crippen molar-refractivity contribution in [2.24, 2.45) is 0 Å². The normalized spacial score (nSPS) is 14.3. The largest absolute Gasteiger partial charge is 0.481 e. The van der Waals surface area contributed by atoms with E-state index < -0.39 is 5.97 Å². The fourth-order valence-electron chi connectivity index (χ4n) is 3.26. The molecule has 1 fully saturated rings. The lowest BCUT2D eigenvalue weighted by molar-refractivity contribution is -0.137. The van der Waals surface area contributed by atoms with E-state index in [1.807, 2.05) is 23.1 Å². The van der Waals surface area contributed by atoms with Gasteiger partial charge in [-0.1, -0.05) is 42.5 Å². The Morgan fingerprint density at radius 2 is 1.42 bits per heavy atom. The SMILES string of the molecule is O=C(O)CCCC(=O)N1CCN(c2ccc(-c3ccccc3)cc2)CC1. The molecule has 1 heterocycles. The number of anilines is 1. The highest BCUT2D eigenvalue weighted by atomic mass is 16.4. The summed E-state index contributed by atoms with van der Waals surface area (Å²) in [5.41, 5.74) is 3.57. The number of amides is 1. The number of benzene rings is 2. The van der Waals surface area contributed by atoms with E-state index in [9.17, 15) is 9.59 Å². The van der Waals surface area contributed by atoms with E-state index in [-0.39, 0.29) is 12.3 Å². The highest BCUT2D eigenvalue weighted by molar-refractivity contribution is 5.77. The number of aliphatic carboxylic acids is 1. The van der Waals surface area contributed by atoms with E-state index in [1.54, 1.807) is 0 Å². The second kappa shape index (κ2) is 8.52. The van der Waals surface area contributed by atoms with Gasteiger partial charge in [0.2, 0.25) is 5.91 Å². The number of nitrogens with zero attached hydrogens (tertiary/aromatic N) is 2. The van der Waals surface area contributed by atoms with Gasteiger partial charge in [0.1, 0.15) is 0 Å². The molecule has 0 atom stereocenters. The van der Waals surface area contributed by atoms with Crippen molar-refractivity contribution in [1.82, 2.24) is 4.90 Å². The molecule has 0 spiro atoms. The van der Waals surface area contributed by atoms with Crippen molar-refractivity contribution in [2.45, 2.75) is 19.3 Å². The van der Waals surface area contributed by atoms with Crippen molar-refractivity contribution in [3.8, 4) is 11.1 Å². The van der Waals surface area contributed by atoms with Crippen LogP contribution in [-0.2, 0) is 9.59 Å². The van der Waals surface area contributed by atoms with E-state index >= 15 is 0 Å². The lowest BCUT2D eigenvalue weighted by atomic mass is 10.1. The molecule has 5 heteroatoms. The van der Waals surface area contributed by atoms with E-state index in [4.69, 9.17) is 5.11 Å². The average Bonchev–Trinajstić information content (AvgIpc) is 2.68. The number of carbonyl (C=O) groups excluding carboxylic acids is 1. The molecule has 0 saturated carbocycles. The zero-order valence-corrected chi connectivity index (χ0v) is 14.8. The molecule has 1 aliphatic heterocycles. The van der Waals surface area contributed by atoms with Gasteiger partial charge in [0.05, 0.1) is 0 Å². The van der Waals surface area contributed by atoms with E-state index in [0.717, 1.165) is 13.1 Å². The Hall–Kier alpha value is -2.82. The summed E-state index contributed by atoms with van der Waals surface area (Å²) in [7, 11) is 0. The number of rotatable bonds is 6. The molecule has 1 aliphatic rings. The standard InChI is InChI=1S/C21H24N2O3/c24-20(7-4-8-21(25)26)23-15-13-22(14-16-23)19-11-9-18(10-12-19)17-5-2-1-3-6-17/h1-3,5-6,9-12H,4,7-8,13-16H2,(H,25,26). The summed E-state index contributed by atoms with van der Waals surface area (Å²) in [4.78, 5) is 26.8. The molecule has 26 heavy (non-hydrogen) atoms. The van der Waals surface area contributed by atoms with Crippen molar-refractivity contribution < 1.29 is 14.7 Å². The van der Waals surface area contributed by atoms with Gasteiger partial charge in [-0.25, -0.2) is 0 Å². The zero-order valence-electron chi connectivity index (χ0n) is 14.8. The van der Waals surface area contributed by atoms with Gasteiger partial charge in [-0.15, -0.1) is 0 Å². The Kier molecular flexibility index (Phi) is 5.89. The van der Waals surface area contributed by atoms with E-state index in [0.29, 0.717) is 25.9 Å². The fraction of sp³-hybridized carbons (Fsp3) is 0.333. The van der Waals surface area contributed by atoms with Gasteiger partial charge in [-0.3, -0.25) is 9.59 Å². The van der Waals surface area contributed by atoms with Gasteiger partial charge in [-0.2, -0.15) is 0 Å².